The van der Waals surface area contributed by atoms with E-state index in [0.29, 0.717) is 11.6 Å². The standard InChI is InChI=1S/C10H15N3O2/c1-7-5-8(13-15-7)12-9(14)10(2)3-4-11-6-10/h5,11H,3-4,6H2,1-2H3,(H,12,13,14). The second-order valence-corrected chi connectivity index (χ2v) is 4.26. The number of hydrogen-bond acceptors (Lipinski definition) is 4. The summed E-state index contributed by atoms with van der Waals surface area (Å²) in [5.41, 5.74) is -0.327. The van der Waals surface area contributed by atoms with E-state index in [-0.39, 0.29) is 11.3 Å². The number of nitrogens with zero attached hydrogens (tertiary/aromatic N) is 1. The van der Waals surface area contributed by atoms with Gasteiger partial charge in [0.05, 0.1) is 5.41 Å². The Morgan fingerprint density at radius 1 is 1.73 bits per heavy atom. The molecule has 0 spiro atoms. The van der Waals surface area contributed by atoms with Gasteiger partial charge >= 0.3 is 0 Å². The maximum Gasteiger partial charge on any atom is 0.232 e. The zero-order chi connectivity index (χ0) is 10.9. The number of carbonyl (C=O) groups is 1. The van der Waals surface area contributed by atoms with Crippen LogP contribution in [0.3, 0.4) is 0 Å². The summed E-state index contributed by atoms with van der Waals surface area (Å²) in [5.74, 6) is 1.19. The van der Waals surface area contributed by atoms with Gasteiger partial charge in [-0.2, -0.15) is 0 Å². The van der Waals surface area contributed by atoms with Crippen molar-refractivity contribution in [3.05, 3.63) is 11.8 Å². The topological polar surface area (TPSA) is 67.2 Å². The molecule has 2 heterocycles. The van der Waals surface area contributed by atoms with Crippen molar-refractivity contribution in [2.45, 2.75) is 20.3 Å². The van der Waals surface area contributed by atoms with Crippen molar-refractivity contribution in [1.29, 1.82) is 0 Å². The Hall–Kier alpha value is -1.36. The van der Waals surface area contributed by atoms with E-state index in [9.17, 15) is 4.79 Å². The smallest absolute Gasteiger partial charge is 0.232 e. The molecule has 1 atom stereocenters. The lowest BCUT2D eigenvalue weighted by Gasteiger charge is -2.20. The second-order valence-electron chi connectivity index (χ2n) is 4.26. The molecule has 1 fully saturated rings. The first-order valence-corrected chi connectivity index (χ1v) is 5.06. The Bertz CT molecular complexity index is 366. The van der Waals surface area contributed by atoms with Crippen LogP contribution in [0.2, 0.25) is 0 Å². The molecule has 0 aliphatic carbocycles. The maximum atomic E-state index is 11.9. The molecule has 0 bridgehead atoms. The fraction of sp³-hybridized carbons (Fsp3) is 0.600. The number of carbonyl (C=O) groups excluding carboxylic acids is 1. The van der Waals surface area contributed by atoms with Gasteiger partial charge in [0.15, 0.2) is 5.82 Å². The van der Waals surface area contributed by atoms with Gasteiger partial charge < -0.3 is 15.2 Å². The number of aromatic nitrogens is 1. The summed E-state index contributed by atoms with van der Waals surface area (Å²) < 4.78 is 4.88. The Balaban J connectivity index is 2.03. The largest absolute Gasteiger partial charge is 0.360 e. The quantitative estimate of drug-likeness (QED) is 0.760. The van der Waals surface area contributed by atoms with E-state index in [1.165, 1.54) is 0 Å². The minimum absolute atomic E-state index is 0.000741. The third-order valence-electron chi connectivity index (χ3n) is 2.79. The van der Waals surface area contributed by atoms with Crippen molar-refractivity contribution in [2.75, 3.05) is 18.4 Å². The molecule has 82 valence electrons. The zero-order valence-corrected chi connectivity index (χ0v) is 8.96. The van der Waals surface area contributed by atoms with E-state index in [2.05, 4.69) is 15.8 Å². The van der Waals surface area contributed by atoms with E-state index in [1.807, 2.05) is 6.92 Å². The molecule has 1 saturated heterocycles. The summed E-state index contributed by atoms with van der Waals surface area (Å²) in [5, 5.41) is 9.67. The fourth-order valence-electron chi connectivity index (χ4n) is 1.70. The van der Waals surface area contributed by atoms with Crippen LogP contribution in [0.1, 0.15) is 19.1 Å². The van der Waals surface area contributed by atoms with Gasteiger partial charge in [0.25, 0.3) is 0 Å². The highest BCUT2D eigenvalue weighted by molar-refractivity contribution is 5.94. The predicted molar refractivity (Wildman–Crippen MR) is 55.5 cm³/mol. The van der Waals surface area contributed by atoms with Crippen molar-refractivity contribution < 1.29 is 9.32 Å². The van der Waals surface area contributed by atoms with Gasteiger partial charge in [-0.1, -0.05) is 5.16 Å². The Morgan fingerprint density at radius 3 is 3.07 bits per heavy atom. The van der Waals surface area contributed by atoms with Crippen molar-refractivity contribution in [1.82, 2.24) is 10.5 Å². The molecule has 2 N–H and O–H groups in total. The summed E-state index contributed by atoms with van der Waals surface area (Å²) in [4.78, 5) is 11.9. The molecule has 5 nitrogen and oxygen atoms in total. The van der Waals surface area contributed by atoms with Crippen LogP contribution in [0.25, 0.3) is 0 Å². The van der Waals surface area contributed by atoms with Gasteiger partial charge in [0, 0.05) is 12.6 Å². The lowest BCUT2D eigenvalue weighted by atomic mass is 9.89. The fourth-order valence-corrected chi connectivity index (χ4v) is 1.70. The third kappa shape index (κ3) is 2.02. The Labute approximate surface area is 88.2 Å². The van der Waals surface area contributed by atoms with Gasteiger partial charge in [-0.05, 0) is 26.8 Å². The van der Waals surface area contributed by atoms with Crippen molar-refractivity contribution in [3.8, 4) is 0 Å². The first-order valence-electron chi connectivity index (χ1n) is 5.06. The Morgan fingerprint density at radius 2 is 2.53 bits per heavy atom. The monoisotopic (exact) mass is 209 g/mol. The molecule has 1 aliphatic rings. The van der Waals surface area contributed by atoms with Crippen LogP contribution >= 0.6 is 0 Å². The minimum atomic E-state index is -0.327. The molecule has 1 aliphatic heterocycles. The third-order valence-corrected chi connectivity index (χ3v) is 2.79. The van der Waals surface area contributed by atoms with Crippen LogP contribution in [0.4, 0.5) is 5.82 Å². The highest BCUT2D eigenvalue weighted by Crippen LogP contribution is 2.26. The molecule has 15 heavy (non-hydrogen) atoms. The lowest BCUT2D eigenvalue weighted by molar-refractivity contribution is -0.123. The first kappa shape index (κ1) is 10.2. The van der Waals surface area contributed by atoms with Crippen molar-refractivity contribution in [3.63, 3.8) is 0 Å². The summed E-state index contributed by atoms with van der Waals surface area (Å²) in [6.45, 7) is 5.36. The molecule has 5 heteroatoms. The van der Waals surface area contributed by atoms with Crippen LogP contribution in [0.15, 0.2) is 10.6 Å². The van der Waals surface area contributed by atoms with Gasteiger partial charge in [-0.3, -0.25) is 4.79 Å². The molecule has 1 aromatic heterocycles. The summed E-state index contributed by atoms with van der Waals surface area (Å²) in [6, 6.07) is 1.71. The van der Waals surface area contributed by atoms with Crippen LogP contribution in [-0.2, 0) is 4.79 Å². The number of hydrogen-bond donors (Lipinski definition) is 2. The number of amides is 1. The van der Waals surface area contributed by atoms with E-state index in [1.54, 1.807) is 13.0 Å². The average molecular weight is 209 g/mol. The van der Waals surface area contributed by atoms with Crippen LogP contribution in [0.5, 0.6) is 0 Å². The number of aryl methyl sites for hydroxylation is 1. The van der Waals surface area contributed by atoms with Gasteiger partial charge in [-0.15, -0.1) is 0 Å². The molecule has 0 aromatic carbocycles. The second kappa shape index (κ2) is 3.66. The highest BCUT2D eigenvalue weighted by atomic mass is 16.5. The van der Waals surface area contributed by atoms with Crippen molar-refractivity contribution in [2.24, 2.45) is 5.41 Å². The van der Waals surface area contributed by atoms with Gasteiger partial charge in [-0.25, -0.2) is 0 Å². The van der Waals surface area contributed by atoms with E-state index in [0.717, 1.165) is 19.5 Å². The number of nitrogens with one attached hydrogen (secondary N) is 2. The van der Waals surface area contributed by atoms with Crippen LogP contribution < -0.4 is 10.6 Å². The average Bonchev–Trinajstić information content (AvgIpc) is 2.76. The number of rotatable bonds is 2. The molecule has 0 radical (unpaired) electrons. The highest BCUT2D eigenvalue weighted by Gasteiger charge is 2.36. The molecule has 1 aromatic rings. The van der Waals surface area contributed by atoms with Crippen molar-refractivity contribution >= 4 is 11.7 Å². The SMILES string of the molecule is Cc1cc(NC(=O)C2(C)CCNC2)no1. The van der Waals surface area contributed by atoms with E-state index in [4.69, 9.17) is 4.52 Å². The molecule has 2 rings (SSSR count). The summed E-state index contributed by atoms with van der Waals surface area (Å²) in [7, 11) is 0. The van der Waals surface area contributed by atoms with Gasteiger partial charge in [0.2, 0.25) is 5.91 Å². The molecule has 1 unspecified atom stereocenters. The first-order chi connectivity index (χ1) is 7.10. The normalized spacial score (nSPS) is 25.5. The lowest BCUT2D eigenvalue weighted by Crippen LogP contribution is -2.35. The van der Waals surface area contributed by atoms with Crippen LogP contribution in [0, 0.1) is 12.3 Å². The minimum Gasteiger partial charge on any atom is -0.360 e. The van der Waals surface area contributed by atoms with E-state index < -0.39 is 0 Å². The number of anilines is 1. The van der Waals surface area contributed by atoms with Gasteiger partial charge in [0.1, 0.15) is 5.76 Å². The summed E-state index contributed by atoms with van der Waals surface area (Å²) in [6.07, 6.45) is 0.857. The maximum absolute atomic E-state index is 11.9. The van der Waals surface area contributed by atoms with E-state index >= 15 is 0 Å². The Kier molecular flexibility index (Phi) is 2.48. The van der Waals surface area contributed by atoms with Crippen LogP contribution in [-0.4, -0.2) is 24.2 Å². The molecular weight excluding hydrogens is 194 g/mol. The predicted octanol–water partition coefficient (Wildman–Crippen LogP) is 0.921. The molecule has 0 saturated carbocycles. The zero-order valence-electron chi connectivity index (χ0n) is 8.96. The summed E-state index contributed by atoms with van der Waals surface area (Å²) >= 11 is 0. The molecular formula is C10H15N3O2. The molecule has 1 amide bonds.